The molecule has 4 aliphatic rings. The van der Waals surface area contributed by atoms with Crippen LogP contribution in [-0.4, -0.2) is 112 Å². The summed E-state index contributed by atoms with van der Waals surface area (Å²) < 4.78 is 235. The number of hydrogen-bond donors (Lipinski definition) is 0. The van der Waals surface area contributed by atoms with E-state index < -0.39 is 67.1 Å². The molecule has 3 saturated carbocycles. The van der Waals surface area contributed by atoms with Crippen LogP contribution in [0.3, 0.4) is 0 Å². The summed E-state index contributed by atoms with van der Waals surface area (Å²) >= 11 is 0. The summed E-state index contributed by atoms with van der Waals surface area (Å²) in [5.41, 5.74) is 2.31. The van der Waals surface area contributed by atoms with Gasteiger partial charge in [-0.05, 0) is 125 Å². The standard InChI is InChI=1S/C49H75F16NO3/c1-31(2)15-14-16-32(3)37-19-20-38-36-18-17-33-27-35(21-23-41(33,4)39(36)22-24-42(37,38)5)69-26-13-11-9-8-10-12-25-67-28-34(66(6)7)29-68-30-43(52,53)45(56,57)47(60,61)49(64,65)48(62,63)46(58,59)44(54,55)40(50)51/h17,31-32,34-40H,8-16,18-30H2,1-7H3/t32-,34+,35?,36+,37-,38+,39+,41+,42-/m1/s1. The van der Waals surface area contributed by atoms with Crippen molar-refractivity contribution in [3.8, 4) is 0 Å². The Bertz CT molecular complexity index is 1650. The van der Waals surface area contributed by atoms with Crippen molar-refractivity contribution < 1.29 is 84.5 Å². The van der Waals surface area contributed by atoms with Gasteiger partial charge in [0, 0.05) is 13.2 Å². The molecule has 0 saturated heterocycles. The Morgan fingerprint density at radius 3 is 1.80 bits per heavy atom. The lowest BCUT2D eigenvalue weighted by atomic mass is 9.47. The van der Waals surface area contributed by atoms with E-state index >= 15 is 0 Å². The molecule has 0 bridgehead atoms. The predicted octanol–water partition coefficient (Wildman–Crippen LogP) is 15.4. The lowest BCUT2D eigenvalue weighted by molar-refractivity contribution is -0.448. The van der Waals surface area contributed by atoms with E-state index in [1.807, 2.05) is 0 Å². The molecule has 0 aromatic carbocycles. The topological polar surface area (TPSA) is 30.9 Å². The number of likely N-dealkylation sites (N-methyl/N-ethyl adjacent to an activating group) is 1. The molecular formula is C49H75F16NO3. The summed E-state index contributed by atoms with van der Waals surface area (Å²) in [7, 11) is 2.69. The smallest absolute Gasteiger partial charge is 0.380 e. The fourth-order valence-corrected chi connectivity index (χ4v) is 12.2. The van der Waals surface area contributed by atoms with Crippen molar-refractivity contribution in [1.29, 1.82) is 0 Å². The Hall–Kier alpha value is -1.54. The molecular weight excluding hydrogens is 955 g/mol. The summed E-state index contributed by atoms with van der Waals surface area (Å²) in [4.78, 5) is 1.27. The molecule has 406 valence electrons. The van der Waals surface area contributed by atoms with E-state index in [-0.39, 0.29) is 24.7 Å². The van der Waals surface area contributed by atoms with Gasteiger partial charge >= 0.3 is 47.9 Å². The van der Waals surface area contributed by atoms with Gasteiger partial charge < -0.3 is 19.1 Å². The molecule has 1 unspecified atom stereocenters. The van der Waals surface area contributed by atoms with Gasteiger partial charge in [0.1, 0.15) is 6.61 Å². The van der Waals surface area contributed by atoms with Crippen molar-refractivity contribution in [2.45, 2.75) is 204 Å². The molecule has 4 nitrogen and oxygen atoms in total. The van der Waals surface area contributed by atoms with Gasteiger partial charge in [-0.1, -0.05) is 91.2 Å². The molecule has 4 aliphatic carbocycles. The maximum atomic E-state index is 14.3. The van der Waals surface area contributed by atoms with Crippen LogP contribution in [0.25, 0.3) is 0 Å². The zero-order valence-corrected chi connectivity index (χ0v) is 41.0. The van der Waals surface area contributed by atoms with Crippen molar-refractivity contribution in [3.63, 3.8) is 0 Å². The highest BCUT2D eigenvalue weighted by atomic mass is 19.4. The lowest BCUT2D eigenvalue weighted by Crippen LogP contribution is -2.74. The number of fused-ring (bicyclic) bond motifs is 5. The van der Waals surface area contributed by atoms with Crippen LogP contribution in [0.4, 0.5) is 70.2 Å². The minimum atomic E-state index is -8.43. The van der Waals surface area contributed by atoms with Crippen molar-refractivity contribution in [3.05, 3.63) is 11.6 Å². The summed E-state index contributed by atoms with van der Waals surface area (Å²) in [6.07, 6.45) is 15.7. The van der Waals surface area contributed by atoms with Crippen molar-refractivity contribution in [1.82, 2.24) is 4.90 Å². The third kappa shape index (κ3) is 12.0. The second-order valence-electron chi connectivity index (χ2n) is 21.9. The number of alkyl halides is 16. The molecule has 0 radical (unpaired) electrons. The Labute approximate surface area is 397 Å². The maximum absolute atomic E-state index is 14.3. The Morgan fingerprint density at radius 1 is 0.638 bits per heavy atom. The first-order chi connectivity index (χ1) is 31.7. The SMILES string of the molecule is CC(C)CCC[C@@H](C)[C@H]1CC[C@H]2[C@@H]3CC=C4CC(OCCCCCCCCOC[C@@H](COCC(F)(F)C(F)(F)C(F)(F)C(F)(F)C(F)(F)C(F)(F)C(F)(F)C(F)F)N(C)C)CC[C@]4(C)[C@H]3CC[C@]12C. The molecule has 20 heteroatoms. The summed E-state index contributed by atoms with van der Waals surface area (Å²) in [6, 6.07) is -1.04. The van der Waals surface area contributed by atoms with E-state index in [9.17, 15) is 70.2 Å². The second-order valence-corrected chi connectivity index (χ2v) is 21.9. The molecule has 3 fully saturated rings. The molecule has 0 heterocycles. The number of ether oxygens (including phenoxy) is 3. The normalized spacial score (nSPS) is 28.5. The third-order valence-corrected chi connectivity index (χ3v) is 16.7. The number of halogens is 16. The number of rotatable bonds is 29. The molecule has 69 heavy (non-hydrogen) atoms. The minimum absolute atomic E-state index is 0.156. The van der Waals surface area contributed by atoms with Gasteiger partial charge in [-0.2, -0.15) is 61.5 Å². The zero-order valence-electron chi connectivity index (χ0n) is 41.0. The van der Waals surface area contributed by atoms with Gasteiger partial charge in [-0.3, -0.25) is 0 Å². The van der Waals surface area contributed by atoms with E-state index in [1.165, 1.54) is 70.4 Å². The molecule has 9 atom stereocenters. The van der Waals surface area contributed by atoms with Crippen LogP contribution >= 0.6 is 0 Å². The highest BCUT2D eigenvalue weighted by Gasteiger charge is 2.93. The first-order valence-corrected chi connectivity index (χ1v) is 24.7. The highest BCUT2D eigenvalue weighted by Crippen LogP contribution is 2.68. The van der Waals surface area contributed by atoms with Gasteiger partial charge in [-0.15, -0.1) is 0 Å². The molecule has 0 aromatic heterocycles. The van der Waals surface area contributed by atoms with Crippen molar-refractivity contribution in [2.24, 2.45) is 46.3 Å². The fourth-order valence-electron chi connectivity index (χ4n) is 12.2. The molecule has 0 amide bonds. The largest absolute Gasteiger partial charge is 0.384 e. The van der Waals surface area contributed by atoms with Crippen LogP contribution in [0.2, 0.25) is 0 Å². The maximum Gasteiger partial charge on any atom is 0.384 e. The average Bonchev–Trinajstić information content (AvgIpc) is 3.61. The van der Waals surface area contributed by atoms with Crippen LogP contribution < -0.4 is 0 Å². The van der Waals surface area contributed by atoms with Crippen LogP contribution in [0.1, 0.15) is 144 Å². The quantitative estimate of drug-likeness (QED) is 0.0424. The van der Waals surface area contributed by atoms with Gasteiger partial charge in [0.05, 0.1) is 25.4 Å². The van der Waals surface area contributed by atoms with E-state index in [4.69, 9.17) is 9.47 Å². The second kappa shape index (κ2) is 22.9. The fraction of sp³-hybridized carbons (Fsp3) is 0.959. The number of allylic oxidation sites excluding steroid dienone is 1. The third-order valence-electron chi connectivity index (χ3n) is 16.7. The first-order valence-electron chi connectivity index (χ1n) is 24.7. The Morgan fingerprint density at radius 2 is 1.20 bits per heavy atom. The highest BCUT2D eigenvalue weighted by molar-refractivity contribution is 5.25. The number of nitrogens with zero attached hydrogens (tertiary/aromatic N) is 1. The van der Waals surface area contributed by atoms with E-state index in [0.717, 1.165) is 86.9 Å². The molecule has 0 aromatic rings. The van der Waals surface area contributed by atoms with E-state index in [1.54, 1.807) is 5.57 Å². The van der Waals surface area contributed by atoms with Gasteiger partial charge in [0.15, 0.2) is 0 Å². The minimum Gasteiger partial charge on any atom is -0.380 e. The van der Waals surface area contributed by atoms with Crippen LogP contribution in [0, 0.1) is 46.3 Å². The van der Waals surface area contributed by atoms with E-state index in [2.05, 4.69) is 45.4 Å². The monoisotopic (exact) mass is 1030 g/mol. The average molecular weight is 1030 g/mol. The summed E-state index contributed by atoms with van der Waals surface area (Å²) in [5.74, 6) is -50.1. The molecule has 0 N–H and O–H groups in total. The van der Waals surface area contributed by atoms with Crippen molar-refractivity contribution in [2.75, 3.05) is 47.1 Å². The van der Waals surface area contributed by atoms with Crippen LogP contribution in [0.5, 0.6) is 0 Å². The predicted molar refractivity (Wildman–Crippen MR) is 230 cm³/mol. The van der Waals surface area contributed by atoms with Gasteiger partial charge in [0.2, 0.25) is 0 Å². The van der Waals surface area contributed by atoms with E-state index in [0.29, 0.717) is 18.4 Å². The first kappa shape index (κ1) is 60.0. The lowest BCUT2D eigenvalue weighted by Gasteiger charge is -2.58. The van der Waals surface area contributed by atoms with Crippen LogP contribution in [0.15, 0.2) is 11.6 Å². The summed E-state index contributed by atoms with van der Waals surface area (Å²) in [5, 5.41) is 0. The molecule has 0 spiro atoms. The van der Waals surface area contributed by atoms with Crippen LogP contribution in [-0.2, 0) is 14.2 Å². The molecule has 0 aliphatic heterocycles. The van der Waals surface area contributed by atoms with Crippen molar-refractivity contribution >= 4 is 0 Å². The number of unbranched alkanes of at least 4 members (excludes halogenated alkanes) is 5. The van der Waals surface area contributed by atoms with Gasteiger partial charge in [-0.25, -0.2) is 8.78 Å². The number of hydrogen-bond acceptors (Lipinski definition) is 4. The zero-order chi connectivity index (χ0) is 52.2. The van der Waals surface area contributed by atoms with Gasteiger partial charge in [0.25, 0.3) is 0 Å². The molecule has 4 rings (SSSR count). The Kier molecular flexibility index (Phi) is 19.9. The summed E-state index contributed by atoms with van der Waals surface area (Å²) in [6.45, 7) is 8.97. The Balaban J connectivity index is 1.12.